The quantitative estimate of drug-likeness (QED) is 0.0932. The Hall–Kier alpha value is -2.49. The largest absolute Gasteiger partial charge is 0.426 e. The van der Waals surface area contributed by atoms with E-state index in [-0.39, 0.29) is 11.9 Å². The van der Waals surface area contributed by atoms with Crippen molar-refractivity contribution in [2.45, 2.75) is 116 Å². The molecule has 0 aliphatic heterocycles. The molecule has 1 fully saturated rings. The number of benzene rings is 1. The molecule has 2 aromatic rings. The molecule has 1 heterocycles. The van der Waals surface area contributed by atoms with Crippen LogP contribution in [0.4, 0.5) is 0 Å². The molecule has 0 atom stereocenters. The first-order chi connectivity index (χ1) is 18.2. The van der Waals surface area contributed by atoms with E-state index in [4.69, 9.17) is 4.74 Å². The third-order valence-electron chi connectivity index (χ3n) is 7.81. The fourth-order valence-electron chi connectivity index (χ4n) is 5.38. The number of carbonyl (C=O) groups excluding carboxylic acids is 1. The van der Waals surface area contributed by atoms with Crippen molar-refractivity contribution in [3.8, 4) is 17.1 Å². The van der Waals surface area contributed by atoms with Crippen LogP contribution in [0, 0.1) is 11.8 Å². The Morgan fingerprint density at radius 2 is 1.54 bits per heavy atom. The molecule has 0 spiro atoms. The van der Waals surface area contributed by atoms with Crippen LogP contribution in [0.3, 0.4) is 0 Å². The fraction of sp³-hybridized carbons (Fsp3) is 0.606. The van der Waals surface area contributed by atoms with Gasteiger partial charge >= 0.3 is 5.97 Å². The molecule has 0 amide bonds. The number of carbonyl (C=O) groups is 1. The van der Waals surface area contributed by atoms with Crippen molar-refractivity contribution in [2.24, 2.45) is 11.8 Å². The van der Waals surface area contributed by atoms with E-state index in [1.165, 1.54) is 76.2 Å². The number of esters is 1. The van der Waals surface area contributed by atoms with E-state index >= 15 is 0 Å². The summed E-state index contributed by atoms with van der Waals surface area (Å²) in [5.41, 5.74) is 2.14. The van der Waals surface area contributed by atoms with E-state index in [0.29, 0.717) is 11.6 Å². The molecule has 202 valence electrons. The summed E-state index contributed by atoms with van der Waals surface area (Å²) in [5.74, 6) is 2.02. The van der Waals surface area contributed by atoms with Crippen molar-refractivity contribution in [3.63, 3.8) is 0 Å². The number of hydrogen-bond donors (Lipinski definition) is 0. The molecule has 1 aromatic heterocycles. The molecular formula is C33H48N2O2. The van der Waals surface area contributed by atoms with Gasteiger partial charge in [-0.1, -0.05) is 70.8 Å². The second-order valence-corrected chi connectivity index (χ2v) is 10.9. The van der Waals surface area contributed by atoms with Crippen LogP contribution in [0.2, 0.25) is 0 Å². The van der Waals surface area contributed by atoms with Gasteiger partial charge in [0.05, 0.1) is 5.92 Å². The summed E-state index contributed by atoms with van der Waals surface area (Å²) >= 11 is 0. The smallest absolute Gasteiger partial charge is 0.314 e. The topological polar surface area (TPSA) is 52.1 Å². The van der Waals surface area contributed by atoms with E-state index in [2.05, 4.69) is 23.5 Å². The zero-order valence-electron chi connectivity index (χ0n) is 23.1. The Balaban J connectivity index is 1.36. The SMILES string of the molecule is C=CCCCC[C@H]1CC[C@H](C(=O)Oc2ccc(-c3ncc(CCCCCCCCCC)cn3)cc2)CC1. The first kappa shape index (κ1) is 29.1. The standard InChI is InChI=1S/C33H48N2O2/c1-3-5-7-9-10-11-12-14-16-28-25-34-32(35-26-28)29-21-23-31(24-22-29)37-33(36)30-19-17-27(18-20-30)15-13-8-6-4-2/h4,21-27,30H,2-3,5-20H2,1H3/t27-,30-. The summed E-state index contributed by atoms with van der Waals surface area (Å²) in [6, 6.07) is 7.60. The van der Waals surface area contributed by atoms with Crippen molar-refractivity contribution in [1.29, 1.82) is 0 Å². The fourth-order valence-corrected chi connectivity index (χ4v) is 5.38. The summed E-state index contributed by atoms with van der Waals surface area (Å²) in [5, 5.41) is 0. The molecule has 1 aliphatic rings. The number of unbranched alkanes of at least 4 members (excludes halogenated alkanes) is 9. The van der Waals surface area contributed by atoms with Crippen molar-refractivity contribution < 1.29 is 9.53 Å². The normalized spacial score (nSPS) is 17.4. The van der Waals surface area contributed by atoms with Crippen LogP contribution in [0.25, 0.3) is 11.4 Å². The Kier molecular flexibility index (Phi) is 13.4. The van der Waals surface area contributed by atoms with Gasteiger partial charge in [0.25, 0.3) is 0 Å². The molecule has 0 N–H and O–H groups in total. The van der Waals surface area contributed by atoms with Gasteiger partial charge in [-0.15, -0.1) is 6.58 Å². The number of nitrogens with zero attached hydrogens (tertiary/aromatic N) is 2. The second-order valence-electron chi connectivity index (χ2n) is 10.9. The van der Waals surface area contributed by atoms with Crippen LogP contribution in [-0.4, -0.2) is 15.9 Å². The van der Waals surface area contributed by atoms with Gasteiger partial charge in [-0.2, -0.15) is 0 Å². The third kappa shape index (κ3) is 10.8. The van der Waals surface area contributed by atoms with Gasteiger partial charge in [-0.3, -0.25) is 4.79 Å². The van der Waals surface area contributed by atoms with Crippen LogP contribution in [0.15, 0.2) is 49.3 Å². The maximum absolute atomic E-state index is 12.7. The summed E-state index contributed by atoms with van der Waals surface area (Å²) < 4.78 is 5.71. The Morgan fingerprint density at radius 3 is 2.19 bits per heavy atom. The molecule has 3 rings (SSSR count). The van der Waals surface area contributed by atoms with Crippen molar-refractivity contribution in [1.82, 2.24) is 9.97 Å². The highest BCUT2D eigenvalue weighted by Gasteiger charge is 2.27. The lowest BCUT2D eigenvalue weighted by Crippen LogP contribution is -2.25. The predicted molar refractivity (Wildman–Crippen MR) is 154 cm³/mol. The van der Waals surface area contributed by atoms with E-state index in [9.17, 15) is 4.79 Å². The molecule has 4 heteroatoms. The van der Waals surface area contributed by atoms with Crippen LogP contribution in [0.5, 0.6) is 5.75 Å². The average molecular weight is 505 g/mol. The number of aryl methyl sites for hydroxylation is 1. The van der Waals surface area contributed by atoms with Crippen LogP contribution < -0.4 is 4.74 Å². The van der Waals surface area contributed by atoms with Crippen LogP contribution in [-0.2, 0) is 11.2 Å². The molecule has 1 aromatic carbocycles. The molecule has 0 unspecified atom stereocenters. The van der Waals surface area contributed by atoms with Gasteiger partial charge in [0.2, 0.25) is 0 Å². The summed E-state index contributed by atoms with van der Waals surface area (Å²) in [7, 11) is 0. The van der Waals surface area contributed by atoms with Gasteiger partial charge in [-0.05, 0) is 87.1 Å². The zero-order chi connectivity index (χ0) is 26.1. The maximum Gasteiger partial charge on any atom is 0.314 e. The minimum atomic E-state index is -0.0839. The molecule has 0 saturated heterocycles. The van der Waals surface area contributed by atoms with Gasteiger partial charge in [0, 0.05) is 18.0 Å². The maximum atomic E-state index is 12.7. The lowest BCUT2D eigenvalue weighted by atomic mass is 9.80. The predicted octanol–water partition coefficient (Wildman–Crippen LogP) is 9.29. The highest BCUT2D eigenvalue weighted by molar-refractivity contribution is 5.75. The van der Waals surface area contributed by atoms with Crippen molar-refractivity contribution in [3.05, 3.63) is 54.9 Å². The number of hydrogen-bond acceptors (Lipinski definition) is 4. The third-order valence-corrected chi connectivity index (χ3v) is 7.81. The number of rotatable bonds is 17. The molecule has 0 radical (unpaired) electrons. The monoisotopic (exact) mass is 504 g/mol. The lowest BCUT2D eigenvalue weighted by Gasteiger charge is -2.27. The van der Waals surface area contributed by atoms with Gasteiger partial charge in [0.15, 0.2) is 5.82 Å². The van der Waals surface area contributed by atoms with Gasteiger partial charge < -0.3 is 4.74 Å². The van der Waals surface area contributed by atoms with E-state index in [0.717, 1.165) is 50.0 Å². The summed E-state index contributed by atoms with van der Waals surface area (Å²) in [4.78, 5) is 21.8. The number of allylic oxidation sites excluding steroid dienone is 1. The van der Waals surface area contributed by atoms with Crippen LogP contribution in [0.1, 0.15) is 115 Å². The molecular weight excluding hydrogens is 456 g/mol. The zero-order valence-corrected chi connectivity index (χ0v) is 23.1. The molecule has 37 heavy (non-hydrogen) atoms. The highest BCUT2D eigenvalue weighted by atomic mass is 16.5. The van der Waals surface area contributed by atoms with E-state index < -0.39 is 0 Å². The van der Waals surface area contributed by atoms with Gasteiger partial charge in [-0.25, -0.2) is 9.97 Å². The number of aromatic nitrogens is 2. The minimum Gasteiger partial charge on any atom is -0.426 e. The Labute approximate surface area is 225 Å². The van der Waals surface area contributed by atoms with E-state index in [1.807, 2.05) is 42.7 Å². The molecule has 0 bridgehead atoms. The Bertz CT molecular complexity index is 899. The second kappa shape index (κ2) is 17.1. The van der Waals surface area contributed by atoms with E-state index in [1.54, 1.807) is 0 Å². The highest BCUT2D eigenvalue weighted by Crippen LogP contribution is 2.33. The Morgan fingerprint density at radius 1 is 0.892 bits per heavy atom. The summed E-state index contributed by atoms with van der Waals surface area (Å²) in [6.45, 7) is 6.06. The molecule has 1 aliphatic carbocycles. The average Bonchev–Trinajstić information content (AvgIpc) is 2.94. The van der Waals surface area contributed by atoms with Gasteiger partial charge in [0.1, 0.15) is 5.75 Å². The van der Waals surface area contributed by atoms with Crippen molar-refractivity contribution in [2.75, 3.05) is 0 Å². The molecule has 4 nitrogen and oxygen atoms in total. The minimum absolute atomic E-state index is 0.0287. The first-order valence-corrected chi connectivity index (χ1v) is 14.9. The number of ether oxygens (including phenoxy) is 1. The van der Waals surface area contributed by atoms with Crippen LogP contribution >= 0.6 is 0 Å². The first-order valence-electron chi connectivity index (χ1n) is 14.9. The lowest BCUT2D eigenvalue weighted by molar-refractivity contribution is -0.140. The summed E-state index contributed by atoms with van der Waals surface area (Å²) in [6.07, 6.45) is 26.6. The molecule has 1 saturated carbocycles. The van der Waals surface area contributed by atoms with Crippen molar-refractivity contribution >= 4 is 5.97 Å².